The van der Waals surface area contributed by atoms with E-state index in [0.29, 0.717) is 17.4 Å². The van der Waals surface area contributed by atoms with Crippen LogP contribution in [0.3, 0.4) is 0 Å². The second-order valence-electron chi connectivity index (χ2n) is 3.63. The smallest absolute Gasteiger partial charge is 0.343 e. The third-order valence-corrected chi connectivity index (χ3v) is 2.31. The Balaban J connectivity index is 2.14. The van der Waals surface area contributed by atoms with E-state index in [9.17, 15) is 14.7 Å². The van der Waals surface area contributed by atoms with Crippen LogP contribution in [0.15, 0.2) is 48.5 Å². The lowest BCUT2D eigenvalue weighted by molar-refractivity contribution is 0.0734. The molecule has 90 valence electrons. The Morgan fingerprint density at radius 3 is 2.44 bits per heavy atom. The fourth-order valence-electron chi connectivity index (χ4n) is 1.41. The van der Waals surface area contributed by atoms with Gasteiger partial charge in [-0.25, -0.2) is 4.79 Å². The van der Waals surface area contributed by atoms with Crippen molar-refractivity contribution >= 4 is 12.3 Å². The number of carbonyl (C=O) groups is 2. The molecule has 4 nitrogen and oxygen atoms in total. The van der Waals surface area contributed by atoms with Crippen molar-refractivity contribution in [3.63, 3.8) is 0 Å². The molecule has 0 amide bonds. The normalized spacial score (nSPS) is 9.78. The van der Waals surface area contributed by atoms with Gasteiger partial charge in [0, 0.05) is 11.6 Å². The number of phenols is 1. The van der Waals surface area contributed by atoms with Gasteiger partial charge in [-0.15, -0.1) is 0 Å². The van der Waals surface area contributed by atoms with E-state index in [1.165, 1.54) is 36.4 Å². The topological polar surface area (TPSA) is 63.6 Å². The van der Waals surface area contributed by atoms with Gasteiger partial charge in [-0.2, -0.15) is 0 Å². The molecule has 2 aromatic carbocycles. The minimum Gasteiger partial charge on any atom is -0.508 e. The summed E-state index contributed by atoms with van der Waals surface area (Å²) in [4.78, 5) is 22.2. The van der Waals surface area contributed by atoms with Gasteiger partial charge in [-0.3, -0.25) is 4.79 Å². The summed E-state index contributed by atoms with van der Waals surface area (Å²) in [5, 5.41) is 9.23. The molecule has 0 saturated heterocycles. The number of hydrogen-bond acceptors (Lipinski definition) is 4. The lowest BCUT2D eigenvalue weighted by atomic mass is 10.1. The van der Waals surface area contributed by atoms with E-state index in [1.54, 1.807) is 12.1 Å². The maximum Gasteiger partial charge on any atom is 0.343 e. The van der Waals surface area contributed by atoms with Crippen molar-refractivity contribution in [2.75, 3.05) is 0 Å². The summed E-state index contributed by atoms with van der Waals surface area (Å²) in [6, 6.07) is 12.1. The van der Waals surface area contributed by atoms with Crippen molar-refractivity contribution in [3.05, 3.63) is 59.7 Å². The molecule has 2 rings (SSSR count). The molecular weight excluding hydrogens is 232 g/mol. The van der Waals surface area contributed by atoms with Crippen LogP contribution in [-0.4, -0.2) is 17.4 Å². The molecular formula is C14H10O4. The number of hydrogen-bond donors (Lipinski definition) is 1. The summed E-state index contributed by atoms with van der Waals surface area (Å²) in [5.74, 6) is -0.255. The average molecular weight is 242 g/mol. The molecule has 0 radical (unpaired) electrons. The fraction of sp³-hybridized carbons (Fsp3) is 0. The molecule has 1 N–H and O–H groups in total. The Kier molecular flexibility index (Phi) is 3.38. The molecule has 18 heavy (non-hydrogen) atoms. The lowest BCUT2D eigenvalue weighted by Crippen LogP contribution is -2.08. The SMILES string of the molecule is O=Cc1ccc(C(=O)Oc2cccc(O)c2)cc1. The maximum atomic E-state index is 11.7. The predicted molar refractivity (Wildman–Crippen MR) is 64.9 cm³/mol. The number of aromatic hydroxyl groups is 1. The van der Waals surface area contributed by atoms with Crippen molar-refractivity contribution in [3.8, 4) is 11.5 Å². The molecule has 0 spiro atoms. The highest BCUT2D eigenvalue weighted by molar-refractivity contribution is 5.91. The van der Waals surface area contributed by atoms with Crippen LogP contribution in [0, 0.1) is 0 Å². The predicted octanol–water partition coefficient (Wildman–Crippen LogP) is 2.42. The van der Waals surface area contributed by atoms with E-state index in [1.807, 2.05) is 0 Å². The molecule has 0 heterocycles. The highest BCUT2D eigenvalue weighted by Crippen LogP contribution is 2.19. The van der Waals surface area contributed by atoms with Gasteiger partial charge in [0.25, 0.3) is 0 Å². The zero-order chi connectivity index (χ0) is 13.0. The molecule has 0 aromatic heterocycles. The summed E-state index contributed by atoms with van der Waals surface area (Å²) in [6.45, 7) is 0. The minimum absolute atomic E-state index is 0.0246. The highest BCUT2D eigenvalue weighted by atomic mass is 16.5. The van der Waals surface area contributed by atoms with Crippen LogP contribution in [0.4, 0.5) is 0 Å². The number of benzene rings is 2. The van der Waals surface area contributed by atoms with Gasteiger partial charge in [-0.05, 0) is 24.3 Å². The van der Waals surface area contributed by atoms with Crippen molar-refractivity contribution < 1.29 is 19.4 Å². The van der Waals surface area contributed by atoms with E-state index < -0.39 is 5.97 Å². The third kappa shape index (κ3) is 2.74. The van der Waals surface area contributed by atoms with Gasteiger partial charge in [0.1, 0.15) is 17.8 Å². The average Bonchev–Trinajstić information content (AvgIpc) is 2.39. The number of phenolic OH excluding ortho intramolecular Hbond substituents is 1. The van der Waals surface area contributed by atoms with E-state index >= 15 is 0 Å². The monoisotopic (exact) mass is 242 g/mol. The summed E-state index contributed by atoms with van der Waals surface area (Å²) in [6.07, 6.45) is 0.699. The second-order valence-corrected chi connectivity index (χ2v) is 3.63. The Hall–Kier alpha value is -2.62. The number of carbonyl (C=O) groups excluding carboxylic acids is 2. The van der Waals surface area contributed by atoms with Crippen molar-refractivity contribution in [2.45, 2.75) is 0 Å². The zero-order valence-electron chi connectivity index (χ0n) is 9.37. The van der Waals surface area contributed by atoms with Gasteiger partial charge in [0.2, 0.25) is 0 Å². The number of aldehydes is 1. The van der Waals surface area contributed by atoms with Gasteiger partial charge in [0.15, 0.2) is 0 Å². The molecule has 0 unspecified atom stereocenters. The van der Waals surface area contributed by atoms with Crippen LogP contribution >= 0.6 is 0 Å². The minimum atomic E-state index is -0.543. The summed E-state index contributed by atoms with van der Waals surface area (Å²) in [7, 11) is 0. The molecule has 0 aliphatic carbocycles. The number of rotatable bonds is 3. The summed E-state index contributed by atoms with van der Waals surface area (Å²) in [5.41, 5.74) is 0.827. The van der Waals surface area contributed by atoms with Crippen molar-refractivity contribution in [1.29, 1.82) is 0 Å². The molecule has 0 fully saturated rings. The first kappa shape index (κ1) is 11.9. The standard InChI is InChI=1S/C14H10O4/c15-9-10-4-6-11(7-5-10)14(17)18-13-3-1-2-12(16)8-13/h1-9,16H. The van der Waals surface area contributed by atoms with E-state index in [-0.39, 0.29) is 11.5 Å². The van der Waals surface area contributed by atoms with E-state index in [0.717, 1.165) is 0 Å². The Morgan fingerprint density at radius 2 is 1.83 bits per heavy atom. The van der Waals surface area contributed by atoms with Gasteiger partial charge in [-0.1, -0.05) is 18.2 Å². The molecule has 4 heteroatoms. The first-order valence-corrected chi connectivity index (χ1v) is 5.25. The number of esters is 1. The van der Waals surface area contributed by atoms with Crippen molar-refractivity contribution in [2.24, 2.45) is 0 Å². The second kappa shape index (κ2) is 5.14. The van der Waals surface area contributed by atoms with Crippen LogP contribution in [-0.2, 0) is 0 Å². The maximum absolute atomic E-state index is 11.7. The Bertz CT molecular complexity index is 573. The summed E-state index contributed by atoms with van der Waals surface area (Å²) < 4.78 is 5.07. The van der Waals surface area contributed by atoms with Crippen LogP contribution in [0.5, 0.6) is 11.5 Å². The van der Waals surface area contributed by atoms with Crippen LogP contribution < -0.4 is 4.74 Å². The quantitative estimate of drug-likeness (QED) is 0.510. The Labute approximate surface area is 103 Å². The largest absolute Gasteiger partial charge is 0.508 e. The summed E-state index contributed by atoms with van der Waals surface area (Å²) >= 11 is 0. The van der Waals surface area contributed by atoms with Crippen LogP contribution in [0.1, 0.15) is 20.7 Å². The van der Waals surface area contributed by atoms with Crippen LogP contribution in [0.25, 0.3) is 0 Å². The van der Waals surface area contributed by atoms with E-state index in [2.05, 4.69) is 0 Å². The first-order chi connectivity index (χ1) is 8.69. The van der Waals surface area contributed by atoms with Gasteiger partial charge < -0.3 is 9.84 Å². The molecule has 0 bridgehead atoms. The molecule has 0 atom stereocenters. The fourth-order valence-corrected chi connectivity index (χ4v) is 1.41. The molecule has 0 saturated carbocycles. The van der Waals surface area contributed by atoms with Gasteiger partial charge in [0.05, 0.1) is 5.56 Å². The Morgan fingerprint density at radius 1 is 1.11 bits per heavy atom. The molecule has 0 aliphatic heterocycles. The molecule has 0 aliphatic rings. The lowest BCUT2D eigenvalue weighted by Gasteiger charge is -2.04. The molecule has 2 aromatic rings. The third-order valence-electron chi connectivity index (χ3n) is 2.31. The highest BCUT2D eigenvalue weighted by Gasteiger charge is 2.08. The van der Waals surface area contributed by atoms with Crippen LogP contribution in [0.2, 0.25) is 0 Å². The van der Waals surface area contributed by atoms with E-state index in [4.69, 9.17) is 4.74 Å². The number of ether oxygens (including phenoxy) is 1. The van der Waals surface area contributed by atoms with Crippen molar-refractivity contribution in [1.82, 2.24) is 0 Å². The zero-order valence-corrected chi connectivity index (χ0v) is 9.37. The van der Waals surface area contributed by atoms with Gasteiger partial charge >= 0.3 is 5.97 Å². The first-order valence-electron chi connectivity index (χ1n) is 5.25.